The smallest absolute Gasteiger partial charge is 0.205 e. The molecule has 1 aliphatic rings. The lowest BCUT2D eigenvalue weighted by atomic mass is 10.1. The highest BCUT2D eigenvalue weighted by Gasteiger charge is 2.14. The predicted octanol–water partition coefficient (Wildman–Crippen LogP) is 3.80. The molecule has 1 saturated carbocycles. The molecular weight excluding hydrogens is 218 g/mol. The molecule has 0 aliphatic heterocycles. The summed E-state index contributed by atoms with van der Waals surface area (Å²) in [6.07, 6.45) is 8.07. The maximum atomic E-state index is 4.22. The molecule has 0 atom stereocenters. The Balaban J connectivity index is 1.91. The van der Waals surface area contributed by atoms with E-state index in [4.69, 9.17) is 0 Å². The van der Waals surface area contributed by atoms with Crippen molar-refractivity contribution in [3.8, 4) is 0 Å². The molecule has 1 aliphatic carbocycles. The Morgan fingerprint density at radius 3 is 2.38 bits per heavy atom. The minimum Gasteiger partial charge on any atom is -0.357 e. The van der Waals surface area contributed by atoms with Crippen LogP contribution in [-0.2, 0) is 0 Å². The predicted molar refractivity (Wildman–Crippen MR) is 69.1 cm³/mol. The van der Waals surface area contributed by atoms with E-state index in [1.165, 1.54) is 38.5 Å². The van der Waals surface area contributed by atoms with E-state index in [2.05, 4.69) is 29.4 Å². The van der Waals surface area contributed by atoms with Crippen LogP contribution in [0.4, 0.5) is 5.13 Å². The van der Waals surface area contributed by atoms with Crippen LogP contribution in [0.25, 0.3) is 0 Å². The summed E-state index contributed by atoms with van der Waals surface area (Å²) in [5, 5.41) is 14.1. The summed E-state index contributed by atoms with van der Waals surface area (Å²) in [6.45, 7) is 4.33. The second-order valence-corrected chi connectivity index (χ2v) is 5.94. The molecule has 0 bridgehead atoms. The lowest BCUT2D eigenvalue weighted by Crippen LogP contribution is -2.17. The van der Waals surface area contributed by atoms with E-state index in [-0.39, 0.29) is 0 Å². The normalized spacial score (nSPS) is 18.7. The minimum atomic E-state index is 0.488. The number of rotatable bonds is 3. The molecule has 0 unspecified atom stereocenters. The summed E-state index contributed by atoms with van der Waals surface area (Å²) in [5.41, 5.74) is 0. The SMILES string of the molecule is CC(C)c1nnc(NC2CCCCCC2)s1. The lowest BCUT2D eigenvalue weighted by Gasteiger charge is -2.14. The van der Waals surface area contributed by atoms with Gasteiger partial charge in [-0.3, -0.25) is 0 Å². The minimum absolute atomic E-state index is 0.488. The number of anilines is 1. The van der Waals surface area contributed by atoms with E-state index in [1.54, 1.807) is 11.3 Å². The molecule has 0 aromatic carbocycles. The second kappa shape index (κ2) is 5.62. The third-order valence-corrected chi connectivity index (χ3v) is 4.27. The fourth-order valence-electron chi connectivity index (χ4n) is 2.12. The van der Waals surface area contributed by atoms with Crippen LogP contribution in [0.15, 0.2) is 0 Å². The van der Waals surface area contributed by atoms with Gasteiger partial charge in [0.05, 0.1) is 0 Å². The highest BCUT2D eigenvalue weighted by molar-refractivity contribution is 7.15. The number of aromatic nitrogens is 2. The van der Waals surface area contributed by atoms with Gasteiger partial charge in [-0.2, -0.15) is 0 Å². The maximum Gasteiger partial charge on any atom is 0.205 e. The van der Waals surface area contributed by atoms with Gasteiger partial charge in [-0.15, -0.1) is 10.2 Å². The molecule has 0 saturated heterocycles. The first kappa shape index (κ1) is 11.8. The summed E-state index contributed by atoms with van der Waals surface area (Å²) in [4.78, 5) is 0. The van der Waals surface area contributed by atoms with Crippen LogP contribution in [-0.4, -0.2) is 16.2 Å². The van der Waals surface area contributed by atoms with Gasteiger partial charge in [0, 0.05) is 12.0 Å². The summed E-state index contributed by atoms with van der Waals surface area (Å²) in [6, 6.07) is 0.621. The van der Waals surface area contributed by atoms with Crippen molar-refractivity contribution < 1.29 is 0 Å². The first-order valence-electron chi connectivity index (χ1n) is 6.35. The Morgan fingerprint density at radius 2 is 1.81 bits per heavy atom. The molecule has 2 rings (SSSR count). The molecule has 1 aromatic rings. The van der Waals surface area contributed by atoms with E-state index in [9.17, 15) is 0 Å². The van der Waals surface area contributed by atoms with Crippen molar-refractivity contribution in [3.05, 3.63) is 5.01 Å². The molecule has 90 valence electrons. The largest absolute Gasteiger partial charge is 0.357 e. The second-order valence-electron chi connectivity index (χ2n) is 4.93. The van der Waals surface area contributed by atoms with Gasteiger partial charge in [0.1, 0.15) is 5.01 Å². The fraction of sp³-hybridized carbons (Fsp3) is 0.833. The summed E-state index contributed by atoms with van der Waals surface area (Å²) in [7, 11) is 0. The zero-order chi connectivity index (χ0) is 11.4. The monoisotopic (exact) mass is 239 g/mol. The Hall–Kier alpha value is -0.640. The molecule has 16 heavy (non-hydrogen) atoms. The first-order chi connectivity index (χ1) is 7.75. The molecule has 1 heterocycles. The number of hydrogen-bond donors (Lipinski definition) is 1. The molecule has 0 amide bonds. The molecule has 1 fully saturated rings. The van der Waals surface area contributed by atoms with Crippen molar-refractivity contribution in [2.24, 2.45) is 0 Å². The van der Waals surface area contributed by atoms with Crippen LogP contribution in [0.2, 0.25) is 0 Å². The van der Waals surface area contributed by atoms with E-state index in [1.807, 2.05) is 0 Å². The topological polar surface area (TPSA) is 37.8 Å². The van der Waals surface area contributed by atoms with E-state index >= 15 is 0 Å². The zero-order valence-electron chi connectivity index (χ0n) is 10.2. The van der Waals surface area contributed by atoms with E-state index in [0.29, 0.717) is 12.0 Å². The van der Waals surface area contributed by atoms with Gasteiger partial charge in [0.15, 0.2) is 0 Å². The maximum absolute atomic E-state index is 4.22. The van der Waals surface area contributed by atoms with Crippen molar-refractivity contribution in [2.45, 2.75) is 64.3 Å². The van der Waals surface area contributed by atoms with Gasteiger partial charge in [-0.25, -0.2) is 0 Å². The number of nitrogens with zero attached hydrogens (tertiary/aromatic N) is 2. The highest BCUT2D eigenvalue weighted by Crippen LogP contribution is 2.25. The average molecular weight is 239 g/mol. The van der Waals surface area contributed by atoms with E-state index in [0.717, 1.165) is 10.1 Å². The third kappa shape index (κ3) is 3.17. The van der Waals surface area contributed by atoms with Crippen LogP contribution < -0.4 is 5.32 Å². The van der Waals surface area contributed by atoms with Crippen LogP contribution in [0.3, 0.4) is 0 Å². The van der Waals surface area contributed by atoms with Gasteiger partial charge in [-0.05, 0) is 12.8 Å². The standard InChI is InChI=1S/C12H21N3S/c1-9(2)11-14-15-12(16-11)13-10-7-5-3-4-6-8-10/h9-10H,3-8H2,1-2H3,(H,13,15). The quantitative estimate of drug-likeness (QED) is 0.815. The molecule has 1 N–H and O–H groups in total. The van der Waals surface area contributed by atoms with Crippen LogP contribution in [0, 0.1) is 0 Å². The van der Waals surface area contributed by atoms with Crippen LogP contribution in [0.1, 0.15) is 63.3 Å². The third-order valence-electron chi connectivity index (χ3n) is 3.12. The van der Waals surface area contributed by atoms with Crippen molar-refractivity contribution in [1.82, 2.24) is 10.2 Å². The Kier molecular flexibility index (Phi) is 4.16. The number of nitrogens with one attached hydrogen (secondary N) is 1. The van der Waals surface area contributed by atoms with Crippen LogP contribution >= 0.6 is 11.3 Å². The summed E-state index contributed by atoms with van der Waals surface area (Å²) in [5.74, 6) is 0.488. The van der Waals surface area contributed by atoms with Crippen LogP contribution in [0.5, 0.6) is 0 Å². The molecular formula is C12H21N3S. The van der Waals surface area contributed by atoms with Gasteiger partial charge >= 0.3 is 0 Å². The zero-order valence-corrected chi connectivity index (χ0v) is 11.0. The Morgan fingerprint density at radius 1 is 1.12 bits per heavy atom. The van der Waals surface area contributed by atoms with Gasteiger partial charge < -0.3 is 5.32 Å². The van der Waals surface area contributed by atoms with Crippen molar-refractivity contribution in [3.63, 3.8) is 0 Å². The Labute approximate surface area is 102 Å². The lowest BCUT2D eigenvalue weighted by molar-refractivity contribution is 0.618. The molecule has 3 nitrogen and oxygen atoms in total. The highest BCUT2D eigenvalue weighted by atomic mass is 32.1. The van der Waals surface area contributed by atoms with Gasteiger partial charge in [-0.1, -0.05) is 50.9 Å². The average Bonchev–Trinajstić information content (AvgIpc) is 2.56. The van der Waals surface area contributed by atoms with E-state index < -0.39 is 0 Å². The molecule has 4 heteroatoms. The first-order valence-corrected chi connectivity index (χ1v) is 7.17. The molecule has 0 spiro atoms. The van der Waals surface area contributed by atoms with Crippen molar-refractivity contribution >= 4 is 16.5 Å². The van der Waals surface area contributed by atoms with Crippen molar-refractivity contribution in [1.29, 1.82) is 0 Å². The number of hydrogen-bond acceptors (Lipinski definition) is 4. The Bertz CT molecular complexity index is 314. The van der Waals surface area contributed by atoms with Crippen molar-refractivity contribution in [2.75, 3.05) is 5.32 Å². The van der Waals surface area contributed by atoms with Gasteiger partial charge in [0.2, 0.25) is 5.13 Å². The fourth-order valence-corrected chi connectivity index (χ4v) is 2.95. The summed E-state index contributed by atoms with van der Waals surface area (Å²) >= 11 is 1.71. The summed E-state index contributed by atoms with van der Waals surface area (Å²) < 4.78 is 0. The molecule has 1 aromatic heterocycles. The van der Waals surface area contributed by atoms with Gasteiger partial charge in [0.25, 0.3) is 0 Å². The molecule has 0 radical (unpaired) electrons.